The molecule has 0 spiro atoms. The van der Waals surface area contributed by atoms with E-state index in [0.717, 1.165) is 0 Å². The van der Waals surface area contributed by atoms with Gasteiger partial charge in [0.1, 0.15) is 0 Å². The summed E-state index contributed by atoms with van der Waals surface area (Å²) in [5.41, 5.74) is 12.8. The van der Waals surface area contributed by atoms with Gasteiger partial charge >= 0.3 is 0 Å². The normalized spacial score (nSPS) is 20.4. The Bertz CT molecular complexity index is 401. The Morgan fingerprint density at radius 1 is 1.44 bits per heavy atom. The third-order valence-electron chi connectivity index (χ3n) is 2.71. The Morgan fingerprint density at radius 2 is 2.06 bits per heavy atom. The van der Waals surface area contributed by atoms with Crippen molar-refractivity contribution >= 4 is 23.0 Å². The predicted molar refractivity (Wildman–Crippen MR) is 60.6 cm³/mol. The third kappa shape index (κ3) is 1.67. The van der Waals surface area contributed by atoms with Crippen molar-refractivity contribution in [2.24, 2.45) is 5.92 Å². The molecule has 2 rings (SSSR count). The fourth-order valence-corrected chi connectivity index (χ4v) is 1.92. The number of carbonyl (C=O) groups excluding carboxylic acids is 1. The molecule has 1 saturated heterocycles. The molecule has 86 valence electrons. The van der Waals surface area contributed by atoms with Crippen LogP contribution in [0.3, 0.4) is 0 Å². The van der Waals surface area contributed by atoms with Gasteiger partial charge < -0.3 is 21.5 Å². The molecule has 1 fully saturated rings. The van der Waals surface area contributed by atoms with Crippen molar-refractivity contribution in [1.29, 1.82) is 0 Å². The van der Waals surface area contributed by atoms with E-state index in [-0.39, 0.29) is 18.4 Å². The zero-order valence-electron chi connectivity index (χ0n) is 8.76. The van der Waals surface area contributed by atoms with Crippen LogP contribution in [0.25, 0.3) is 0 Å². The second kappa shape index (κ2) is 3.97. The van der Waals surface area contributed by atoms with Gasteiger partial charge in [-0.05, 0) is 0 Å². The van der Waals surface area contributed by atoms with Crippen LogP contribution in [0.4, 0.5) is 17.1 Å². The van der Waals surface area contributed by atoms with Crippen molar-refractivity contribution in [3.05, 3.63) is 12.4 Å². The highest BCUT2D eigenvalue weighted by atomic mass is 16.3. The average molecular weight is 222 g/mol. The average Bonchev–Trinajstić information content (AvgIpc) is 2.60. The fraction of sp³-hybridized carbons (Fsp3) is 0.400. The number of carbonyl (C=O) groups is 1. The lowest BCUT2D eigenvalue weighted by Gasteiger charge is -2.19. The highest BCUT2D eigenvalue weighted by molar-refractivity contribution is 6.01. The first-order valence-electron chi connectivity index (χ1n) is 5.03. The van der Waals surface area contributed by atoms with Gasteiger partial charge in [-0.3, -0.25) is 9.78 Å². The highest BCUT2D eigenvalue weighted by Gasteiger charge is 2.32. The Balaban J connectivity index is 2.35. The molecule has 1 amide bonds. The van der Waals surface area contributed by atoms with Crippen LogP contribution < -0.4 is 16.4 Å². The van der Waals surface area contributed by atoms with Gasteiger partial charge in [0.2, 0.25) is 5.91 Å². The molecule has 1 aliphatic rings. The molecule has 0 aliphatic carbocycles. The maximum Gasteiger partial charge on any atom is 0.227 e. The molecule has 6 heteroatoms. The molecule has 2 heterocycles. The standard InChI is InChI=1S/C10H14N4O2/c11-7-2-13-3-8(12)10(7)14-4-6(5-15)1-9(14)16/h2-3,6,15H,1,4-5,11-12H2. The summed E-state index contributed by atoms with van der Waals surface area (Å²) in [7, 11) is 0. The number of nitrogens with zero attached hydrogens (tertiary/aromatic N) is 2. The summed E-state index contributed by atoms with van der Waals surface area (Å²) >= 11 is 0. The summed E-state index contributed by atoms with van der Waals surface area (Å²) in [4.78, 5) is 17.1. The maximum atomic E-state index is 11.7. The van der Waals surface area contributed by atoms with Crippen LogP contribution in [-0.4, -0.2) is 29.1 Å². The number of aliphatic hydroxyl groups is 1. The maximum absolute atomic E-state index is 11.7. The van der Waals surface area contributed by atoms with E-state index in [9.17, 15) is 4.79 Å². The number of aromatic nitrogens is 1. The molecule has 1 aliphatic heterocycles. The first-order valence-corrected chi connectivity index (χ1v) is 5.03. The number of pyridine rings is 1. The number of rotatable bonds is 2. The first kappa shape index (κ1) is 10.7. The van der Waals surface area contributed by atoms with Crippen molar-refractivity contribution in [3.8, 4) is 0 Å². The van der Waals surface area contributed by atoms with Crippen LogP contribution in [0.5, 0.6) is 0 Å². The lowest BCUT2D eigenvalue weighted by Crippen LogP contribution is -2.27. The minimum Gasteiger partial charge on any atom is -0.396 e. The van der Waals surface area contributed by atoms with E-state index in [0.29, 0.717) is 30.0 Å². The largest absolute Gasteiger partial charge is 0.396 e. The molecular formula is C10H14N4O2. The molecule has 6 nitrogen and oxygen atoms in total. The van der Waals surface area contributed by atoms with Crippen molar-refractivity contribution < 1.29 is 9.90 Å². The quantitative estimate of drug-likeness (QED) is 0.631. The summed E-state index contributed by atoms with van der Waals surface area (Å²) in [6.45, 7) is 0.445. The third-order valence-corrected chi connectivity index (χ3v) is 2.71. The van der Waals surface area contributed by atoms with Crippen molar-refractivity contribution in [2.45, 2.75) is 6.42 Å². The Morgan fingerprint density at radius 3 is 2.56 bits per heavy atom. The number of nitrogens with two attached hydrogens (primary N) is 2. The molecule has 1 unspecified atom stereocenters. The summed E-state index contributed by atoms with van der Waals surface area (Å²) < 4.78 is 0. The number of hydrogen-bond acceptors (Lipinski definition) is 5. The second-order valence-corrected chi connectivity index (χ2v) is 3.92. The molecular weight excluding hydrogens is 208 g/mol. The Labute approximate surface area is 92.9 Å². The van der Waals surface area contributed by atoms with Crippen LogP contribution >= 0.6 is 0 Å². The van der Waals surface area contributed by atoms with Gasteiger partial charge in [0.05, 0.1) is 29.5 Å². The zero-order chi connectivity index (χ0) is 11.7. The van der Waals surface area contributed by atoms with E-state index in [1.807, 2.05) is 0 Å². The number of anilines is 3. The first-order chi connectivity index (χ1) is 7.63. The second-order valence-electron chi connectivity index (χ2n) is 3.92. The molecule has 0 bridgehead atoms. The van der Waals surface area contributed by atoms with Crippen LogP contribution in [0.2, 0.25) is 0 Å². The van der Waals surface area contributed by atoms with Gasteiger partial charge in [-0.25, -0.2) is 0 Å². The lowest BCUT2D eigenvalue weighted by molar-refractivity contribution is -0.117. The molecule has 0 saturated carbocycles. The van der Waals surface area contributed by atoms with Gasteiger partial charge in [-0.15, -0.1) is 0 Å². The highest BCUT2D eigenvalue weighted by Crippen LogP contribution is 2.33. The monoisotopic (exact) mass is 222 g/mol. The molecule has 0 radical (unpaired) electrons. The minimum atomic E-state index is -0.0661. The van der Waals surface area contributed by atoms with E-state index in [1.54, 1.807) is 0 Å². The predicted octanol–water partition coefficient (Wildman–Crippen LogP) is -0.409. The molecule has 0 aromatic carbocycles. The molecule has 16 heavy (non-hydrogen) atoms. The van der Waals surface area contributed by atoms with E-state index in [2.05, 4.69) is 4.98 Å². The Kier molecular flexibility index (Phi) is 2.66. The van der Waals surface area contributed by atoms with E-state index < -0.39 is 0 Å². The van der Waals surface area contributed by atoms with Gasteiger partial charge in [0, 0.05) is 25.5 Å². The van der Waals surface area contributed by atoms with Crippen molar-refractivity contribution in [3.63, 3.8) is 0 Å². The van der Waals surface area contributed by atoms with Crippen molar-refractivity contribution in [2.75, 3.05) is 29.5 Å². The summed E-state index contributed by atoms with van der Waals surface area (Å²) in [5, 5.41) is 9.03. The van der Waals surface area contributed by atoms with Crippen LogP contribution in [-0.2, 0) is 4.79 Å². The van der Waals surface area contributed by atoms with E-state index >= 15 is 0 Å². The van der Waals surface area contributed by atoms with Gasteiger partial charge in [-0.2, -0.15) is 0 Å². The van der Waals surface area contributed by atoms with Gasteiger partial charge in [-0.1, -0.05) is 0 Å². The van der Waals surface area contributed by atoms with Gasteiger partial charge in [0.15, 0.2) is 0 Å². The van der Waals surface area contributed by atoms with Gasteiger partial charge in [0.25, 0.3) is 0 Å². The summed E-state index contributed by atoms with van der Waals surface area (Å²) in [6, 6.07) is 0. The number of hydrogen-bond donors (Lipinski definition) is 3. The lowest BCUT2D eigenvalue weighted by atomic mass is 10.1. The van der Waals surface area contributed by atoms with Crippen LogP contribution in [0.15, 0.2) is 12.4 Å². The minimum absolute atomic E-state index is 0.00681. The molecule has 5 N–H and O–H groups in total. The Hall–Kier alpha value is -1.82. The smallest absolute Gasteiger partial charge is 0.227 e. The number of amides is 1. The summed E-state index contributed by atoms with van der Waals surface area (Å²) in [5.74, 6) is -0.108. The molecule has 1 aromatic rings. The number of nitrogen functional groups attached to an aromatic ring is 2. The van der Waals surface area contributed by atoms with Crippen LogP contribution in [0, 0.1) is 5.92 Å². The SMILES string of the molecule is Nc1cncc(N)c1N1CC(CO)CC1=O. The van der Waals surface area contributed by atoms with E-state index in [4.69, 9.17) is 16.6 Å². The van der Waals surface area contributed by atoms with Crippen LogP contribution in [0.1, 0.15) is 6.42 Å². The fourth-order valence-electron chi connectivity index (χ4n) is 1.92. The molecule has 1 atom stereocenters. The zero-order valence-corrected chi connectivity index (χ0v) is 8.76. The van der Waals surface area contributed by atoms with Crippen molar-refractivity contribution in [1.82, 2.24) is 4.98 Å². The number of aliphatic hydroxyl groups excluding tert-OH is 1. The summed E-state index contributed by atoms with van der Waals surface area (Å²) in [6.07, 6.45) is 3.26. The van der Waals surface area contributed by atoms with E-state index in [1.165, 1.54) is 17.3 Å². The molecule has 1 aromatic heterocycles. The topological polar surface area (TPSA) is 105 Å².